The lowest BCUT2D eigenvalue weighted by Crippen LogP contribution is -2.37. The first-order valence-electron chi connectivity index (χ1n) is 7.22. The normalized spacial score (nSPS) is 17.0. The SMILES string of the molecule is NS(=O)(=O)Nc1ccc2[nH]cc(CCN3CCOCC3)c2c1. The summed E-state index contributed by atoms with van der Waals surface area (Å²) in [6, 6.07) is 5.35. The van der Waals surface area contributed by atoms with Gasteiger partial charge >= 0.3 is 0 Å². The lowest BCUT2D eigenvalue weighted by atomic mass is 10.1. The summed E-state index contributed by atoms with van der Waals surface area (Å²) in [5.74, 6) is 0. The van der Waals surface area contributed by atoms with Crippen molar-refractivity contribution in [2.45, 2.75) is 6.42 Å². The van der Waals surface area contributed by atoms with Crippen LogP contribution in [0.5, 0.6) is 0 Å². The van der Waals surface area contributed by atoms with Gasteiger partial charge in [-0.15, -0.1) is 0 Å². The van der Waals surface area contributed by atoms with E-state index in [-0.39, 0.29) is 0 Å². The maximum absolute atomic E-state index is 11.1. The Morgan fingerprint density at radius 1 is 1.32 bits per heavy atom. The Bertz CT molecular complexity index is 751. The fourth-order valence-electron chi connectivity index (χ4n) is 2.72. The van der Waals surface area contributed by atoms with Crippen LogP contribution in [0, 0.1) is 0 Å². The van der Waals surface area contributed by atoms with Crippen LogP contribution in [0.3, 0.4) is 0 Å². The molecule has 0 bridgehead atoms. The van der Waals surface area contributed by atoms with Crippen molar-refractivity contribution in [3.63, 3.8) is 0 Å². The molecule has 120 valence electrons. The molecule has 0 atom stereocenters. The van der Waals surface area contributed by atoms with Gasteiger partial charge in [0.15, 0.2) is 0 Å². The van der Waals surface area contributed by atoms with Crippen LogP contribution in [-0.2, 0) is 21.4 Å². The van der Waals surface area contributed by atoms with Crippen LogP contribution in [0.1, 0.15) is 5.56 Å². The molecule has 0 spiro atoms. The van der Waals surface area contributed by atoms with Crippen LogP contribution >= 0.6 is 0 Å². The summed E-state index contributed by atoms with van der Waals surface area (Å²) in [4.78, 5) is 5.58. The van der Waals surface area contributed by atoms with Gasteiger partial charge in [-0.2, -0.15) is 8.42 Å². The quantitative estimate of drug-likeness (QED) is 0.752. The average Bonchev–Trinajstić information content (AvgIpc) is 2.87. The van der Waals surface area contributed by atoms with E-state index in [0.717, 1.165) is 50.2 Å². The van der Waals surface area contributed by atoms with Gasteiger partial charge in [0, 0.05) is 36.7 Å². The lowest BCUT2D eigenvalue weighted by Gasteiger charge is -2.26. The molecule has 2 aromatic rings. The third kappa shape index (κ3) is 3.77. The molecule has 1 aromatic carbocycles. The third-order valence-corrected chi connectivity index (χ3v) is 4.35. The van der Waals surface area contributed by atoms with E-state index in [1.165, 1.54) is 5.56 Å². The highest BCUT2D eigenvalue weighted by Gasteiger charge is 2.12. The molecular formula is C14H20N4O3S. The smallest absolute Gasteiger partial charge is 0.296 e. The molecule has 3 rings (SSSR count). The molecule has 1 aliphatic rings. The van der Waals surface area contributed by atoms with E-state index < -0.39 is 10.2 Å². The Hall–Kier alpha value is -1.61. The van der Waals surface area contributed by atoms with E-state index in [1.54, 1.807) is 6.07 Å². The van der Waals surface area contributed by atoms with Gasteiger partial charge in [0.25, 0.3) is 10.2 Å². The standard InChI is InChI=1S/C14H20N4O3S/c15-22(19,20)17-12-1-2-14-13(9-12)11(10-16-14)3-4-18-5-7-21-8-6-18/h1-2,9-10,16-17H,3-8H2,(H2,15,19,20). The van der Waals surface area contributed by atoms with E-state index in [4.69, 9.17) is 9.88 Å². The van der Waals surface area contributed by atoms with Crippen LogP contribution in [0.4, 0.5) is 5.69 Å². The molecular weight excluding hydrogens is 304 g/mol. The van der Waals surface area contributed by atoms with Crippen LogP contribution in [-0.4, -0.2) is 51.1 Å². The molecule has 1 aliphatic heterocycles. The molecule has 1 fully saturated rings. The first kappa shape index (κ1) is 15.3. The van der Waals surface area contributed by atoms with Crippen molar-refractivity contribution >= 4 is 26.8 Å². The van der Waals surface area contributed by atoms with Gasteiger partial charge in [-0.3, -0.25) is 9.62 Å². The molecule has 0 saturated carbocycles. The number of fused-ring (bicyclic) bond motifs is 1. The number of nitrogens with zero attached hydrogens (tertiary/aromatic N) is 1. The van der Waals surface area contributed by atoms with Crippen molar-refractivity contribution in [1.29, 1.82) is 0 Å². The highest BCUT2D eigenvalue weighted by atomic mass is 32.2. The monoisotopic (exact) mass is 324 g/mol. The average molecular weight is 324 g/mol. The van der Waals surface area contributed by atoms with Crippen molar-refractivity contribution in [2.24, 2.45) is 5.14 Å². The van der Waals surface area contributed by atoms with E-state index in [2.05, 4.69) is 14.6 Å². The Morgan fingerprint density at radius 2 is 2.09 bits per heavy atom. The Balaban J connectivity index is 1.76. The van der Waals surface area contributed by atoms with Gasteiger partial charge in [-0.05, 0) is 30.2 Å². The summed E-state index contributed by atoms with van der Waals surface area (Å²) in [5.41, 5.74) is 2.62. The molecule has 0 radical (unpaired) electrons. The molecule has 1 aromatic heterocycles. The number of hydrogen-bond acceptors (Lipinski definition) is 4. The molecule has 4 N–H and O–H groups in total. The van der Waals surface area contributed by atoms with Gasteiger partial charge in [-0.1, -0.05) is 0 Å². The third-order valence-electron chi connectivity index (χ3n) is 3.83. The van der Waals surface area contributed by atoms with Crippen molar-refractivity contribution in [1.82, 2.24) is 9.88 Å². The zero-order valence-electron chi connectivity index (χ0n) is 12.2. The van der Waals surface area contributed by atoms with Gasteiger partial charge in [0.1, 0.15) is 0 Å². The molecule has 0 aliphatic carbocycles. The minimum Gasteiger partial charge on any atom is -0.379 e. The number of rotatable bonds is 5. The molecule has 7 nitrogen and oxygen atoms in total. The fraction of sp³-hybridized carbons (Fsp3) is 0.429. The second-order valence-electron chi connectivity index (χ2n) is 5.43. The summed E-state index contributed by atoms with van der Waals surface area (Å²) < 4.78 is 29.9. The first-order valence-corrected chi connectivity index (χ1v) is 8.76. The molecule has 8 heteroatoms. The number of morpholine rings is 1. The van der Waals surface area contributed by atoms with E-state index in [0.29, 0.717) is 5.69 Å². The van der Waals surface area contributed by atoms with E-state index >= 15 is 0 Å². The van der Waals surface area contributed by atoms with E-state index in [1.807, 2.05) is 18.3 Å². The number of benzene rings is 1. The second kappa shape index (κ2) is 6.25. The Labute approximate surface area is 129 Å². The number of nitrogens with one attached hydrogen (secondary N) is 2. The molecule has 1 saturated heterocycles. The number of hydrogen-bond donors (Lipinski definition) is 3. The zero-order chi connectivity index (χ0) is 15.6. The van der Waals surface area contributed by atoms with Crippen molar-refractivity contribution in [3.8, 4) is 0 Å². The van der Waals surface area contributed by atoms with Crippen LogP contribution < -0.4 is 9.86 Å². The predicted octanol–water partition coefficient (Wildman–Crippen LogP) is 0.658. The number of H-pyrrole nitrogens is 1. The van der Waals surface area contributed by atoms with Gasteiger partial charge in [-0.25, -0.2) is 5.14 Å². The fourth-order valence-corrected chi connectivity index (χ4v) is 3.17. The summed E-state index contributed by atoms with van der Waals surface area (Å²) in [6.45, 7) is 4.46. The number of nitrogens with two attached hydrogens (primary N) is 1. The predicted molar refractivity (Wildman–Crippen MR) is 86.0 cm³/mol. The first-order chi connectivity index (χ1) is 10.5. The summed E-state index contributed by atoms with van der Waals surface area (Å²) in [5, 5.41) is 6.03. The number of anilines is 1. The maximum atomic E-state index is 11.1. The van der Waals surface area contributed by atoms with Crippen LogP contribution in [0.2, 0.25) is 0 Å². The highest BCUT2D eigenvalue weighted by molar-refractivity contribution is 7.90. The highest BCUT2D eigenvalue weighted by Crippen LogP contribution is 2.23. The maximum Gasteiger partial charge on any atom is 0.296 e. The number of aromatic amines is 1. The van der Waals surface area contributed by atoms with Crippen molar-refractivity contribution in [3.05, 3.63) is 30.0 Å². The second-order valence-corrected chi connectivity index (χ2v) is 6.72. The Morgan fingerprint density at radius 3 is 2.82 bits per heavy atom. The van der Waals surface area contributed by atoms with Gasteiger partial charge < -0.3 is 9.72 Å². The van der Waals surface area contributed by atoms with Gasteiger partial charge in [0.05, 0.1) is 18.9 Å². The summed E-state index contributed by atoms with van der Waals surface area (Å²) in [6.07, 6.45) is 2.88. The lowest BCUT2D eigenvalue weighted by molar-refractivity contribution is 0.0385. The van der Waals surface area contributed by atoms with Crippen molar-refractivity contribution in [2.75, 3.05) is 37.6 Å². The number of aromatic nitrogens is 1. The summed E-state index contributed by atoms with van der Waals surface area (Å²) in [7, 11) is -3.75. The summed E-state index contributed by atoms with van der Waals surface area (Å²) >= 11 is 0. The van der Waals surface area contributed by atoms with Crippen molar-refractivity contribution < 1.29 is 13.2 Å². The Kier molecular flexibility index (Phi) is 4.34. The van der Waals surface area contributed by atoms with Crippen LogP contribution in [0.15, 0.2) is 24.4 Å². The molecule has 0 unspecified atom stereocenters. The largest absolute Gasteiger partial charge is 0.379 e. The topological polar surface area (TPSA) is 100 Å². The van der Waals surface area contributed by atoms with E-state index in [9.17, 15) is 8.42 Å². The van der Waals surface area contributed by atoms with Gasteiger partial charge in [0.2, 0.25) is 0 Å². The van der Waals surface area contributed by atoms with Crippen LogP contribution in [0.25, 0.3) is 10.9 Å². The minimum absolute atomic E-state index is 0.474. The zero-order valence-corrected chi connectivity index (χ0v) is 13.0. The molecule has 2 heterocycles. The molecule has 0 amide bonds. The molecule has 22 heavy (non-hydrogen) atoms. The number of ether oxygens (including phenoxy) is 1. The minimum atomic E-state index is -3.75.